The Labute approximate surface area is 160 Å². The van der Waals surface area contributed by atoms with Gasteiger partial charge in [0, 0.05) is 5.69 Å². The predicted molar refractivity (Wildman–Crippen MR) is 103 cm³/mol. The van der Waals surface area contributed by atoms with E-state index in [0.29, 0.717) is 17.1 Å². The van der Waals surface area contributed by atoms with Crippen molar-refractivity contribution in [2.24, 2.45) is 0 Å². The van der Waals surface area contributed by atoms with E-state index in [4.69, 9.17) is 4.74 Å². The molecule has 0 aliphatic rings. The van der Waals surface area contributed by atoms with E-state index < -0.39 is 11.4 Å². The van der Waals surface area contributed by atoms with Gasteiger partial charge >= 0.3 is 0 Å². The number of aldehydes is 1. The van der Waals surface area contributed by atoms with Gasteiger partial charge in [-0.3, -0.25) is 19.5 Å². The molecule has 0 radical (unpaired) electrons. The molecule has 0 aliphatic carbocycles. The number of rotatable bonds is 6. The van der Waals surface area contributed by atoms with Gasteiger partial charge in [0.05, 0.1) is 5.69 Å². The number of benzene rings is 2. The van der Waals surface area contributed by atoms with Crippen LogP contribution in [0.1, 0.15) is 21.5 Å². The first kappa shape index (κ1) is 19.0. The van der Waals surface area contributed by atoms with Crippen molar-refractivity contribution in [3.63, 3.8) is 0 Å². The van der Waals surface area contributed by atoms with Crippen molar-refractivity contribution in [1.82, 2.24) is 9.78 Å². The van der Waals surface area contributed by atoms with Gasteiger partial charge in [0.2, 0.25) is 5.88 Å². The van der Waals surface area contributed by atoms with Crippen LogP contribution in [0.3, 0.4) is 0 Å². The summed E-state index contributed by atoms with van der Waals surface area (Å²) in [5.74, 6) is -0.152. The maximum absolute atomic E-state index is 12.1. The van der Waals surface area contributed by atoms with Gasteiger partial charge in [0.1, 0.15) is 11.3 Å². The number of nitrogens with one attached hydrogen (secondary N) is 2. The molecular formula is C20H19N3O5. The molecule has 0 spiro atoms. The van der Waals surface area contributed by atoms with Crippen LogP contribution in [0.25, 0.3) is 5.69 Å². The van der Waals surface area contributed by atoms with E-state index in [1.165, 1.54) is 0 Å². The zero-order chi connectivity index (χ0) is 20.3. The van der Waals surface area contributed by atoms with Crippen molar-refractivity contribution >= 4 is 17.9 Å². The van der Waals surface area contributed by atoms with Crippen molar-refractivity contribution in [2.75, 3.05) is 11.9 Å². The minimum Gasteiger partial charge on any atom is -0.493 e. The number of ether oxygens (including phenoxy) is 1. The lowest BCUT2D eigenvalue weighted by molar-refractivity contribution is -0.118. The molecule has 8 heteroatoms. The van der Waals surface area contributed by atoms with E-state index in [1.807, 2.05) is 32.0 Å². The summed E-state index contributed by atoms with van der Waals surface area (Å²) in [4.78, 5) is 34.5. The molecule has 0 bridgehead atoms. The Morgan fingerprint density at radius 2 is 1.93 bits per heavy atom. The first-order valence-electron chi connectivity index (χ1n) is 8.48. The monoisotopic (exact) mass is 381 g/mol. The van der Waals surface area contributed by atoms with Crippen LogP contribution in [0, 0.1) is 13.8 Å². The fraction of sp³-hybridized carbons (Fsp3) is 0.150. The average Bonchev–Trinajstić information content (AvgIpc) is 2.95. The molecule has 3 rings (SSSR count). The van der Waals surface area contributed by atoms with Gasteiger partial charge < -0.3 is 15.2 Å². The summed E-state index contributed by atoms with van der Waals surface area (Å²) >= 11 is 0. The smallest absolute Gasteiger partial charge is 0.279 e. The molecule has 0 unspecified atom stereocenters. The quantitative estimate of drug-likeness (QED) is 0.567. The van der Waals surface area contributed by atoms with E-state index in [-0.39, 0.29) is 24.4 Å². The first-order chi connectivity index (χ1) is 13.4. The van der Waals surface area contributed by atoms with Gasteiger partial charge in [-0.1, -0.05) is 17.7 Å². The van der Waals surface area contributed by atoms with Crippen LogP contribution >= 0.6 is 0 Å². The third-order valence-electron chi connectivity index (χ3n) is 4.13. The number of carbonyl (C=O) groups excluding carboxylic acids is 2. The molecule has 0 saturated heterocycles. The summed E-state index contributed by atoms with van der Waals surface area (Å²) in [6.45, 7) is 3.76. The Kier molecular flexibility index (Phi) is 5.30. The van der Waals surface area contributed by atoms with E-state index in [0.717, 1.165) is 15.8 Å². The highest BCUT2D eigenvalue weighted by Crippen LogP contribution is 2.20. The zero-order valence-electron chi connectivity index (χ0n) is 15.4. The van der Waals surface area contributed by atoms with Gasteiger partial charge in [0.25, 0.3) is 11.5 Å². The molecule has 3 N–H and O–H groups in total. The summed E-state index contributed by atoms with van der Waals surface area (Å²) < 4.78 is 6.63. The lowest BCUT2D eigenvalue weighted by Gasteiger charge is -2.11. The average molecular weight is 381 g/mol. The Morgan fingerprint density at radius 3 is 2.54 bits per heavy atom. The van der Waals surface area contributed by atoms with Crippen molar-refractivity contribution in [3.05, 3.63) is 69.5 Å². The lowest BCUT2D eigenvalue weighted by Crippen LogP contribution is -2.20. The number of aromatic amines is 1. The fourth-order valence-electron chi connectivity index (χ4n) is 2.73. The Hall–Kier alpha value is -3.81. The molecule has 0 saturated carbocycles. The van der Waals surface area contributed by atoms with E-state index in [9.17, 15) is 19.5 Å². The normalized spacial score (nSPS) is 10.5. The van der Waals surface area contributed by atoms with Crippen LogP contribution in [0.4, 0.5) is 5.69 Å². The maximum atomic E-state index is 12.1. The molecule has 28 heavy (non-hydrogen) atoms. The second-order valence-electron chi connectivity index (χ2n) is 6.28. The maximum Gasteiger partial charge on any atom is 0.279 e. The molecule has 0 fully saturated rings. The molecule has 1 amide bonds. The lowest BCUT2D eigenvalue weighted by atomic mass is 10.1. The van der Waals surface area contributed by atoms with Gasteiger partial charge in [-0.25, -0.2) is 4.68 Å². The minimum atomic E-state index is -0.687. The highest BCUT2D eigenvalue weighted by molar-refractivity contribution is 5.92. The molecule has 144 valence electrons. The molecule has 0 atom stereocenters. The number of hydrogen-bond acceptors (Lipinski definition) is 5. The number of aromatic nitrogens is 2. The number of hydrogen-bond donors (Lipinski definition) is 3. The predicted octanol–water partition coefficient (Wildman–Crippen LogP) is 2.32. The number of aromatic hydroxyl groups is 1. The summed E-state index contributed by atoms with van der Waals surface area (Å²) in [7, 11) is 0. The number of anilines is 1. The largest absolute Gasteiger partial charge is 0.493 e. The molecule has 0 aliphatic heterocycles. The third kappa shape index (κ3) is 3.96. The Balaban J connectivity index is 1.65. The first-order valence-corrected chi connectivity index (χ1v) is 8.48. The highest BCUT2D eigenvalue weighted by Gasteiger charge is 2.14. The van der Waals surface area contributed by atoms with Crippen LogP contribution in [-0.4, -0.2) is 33.7 Å². The summed E-state index contributed by atoms with van der Waals surface area (Å²) in [5, 5.41) is 15.0. The number of H-pyrrole nitrogens is 1. The molecule has 8 nitrogen and oxygen atoms in total. The number of aryl methyl sites for hydroxylation is 2. The van der Waals surface area contributed by atoms with Gasteiger partial charge in [-0.15, -0.1) is 0 Å². The Bertz CT molecular complexity index is 1080. The van der Waals surface area contributed by atoms with Crippen molar-refractivity contribution < 1.29 is 19.4 Å². The highest BCUT2D eigenvalue weighted by atomic mass is 16.5. The van der Waals surface area contributed by atoms with Crippen LogP contribution in [0.15, 0.2) is 47.3 Å². The molecule has 1 aromatic heterocycles. The standard InChI is InChI=1S/C20H19N3O5/c1-12-3-8-17(13(2)9-12)28-11-18(25)21-14-4-6-15(7-5-14)23-20(27)16(10-24)19(26)22-23/h3-10,27H,11H2,1-2H3,(H,21,25)(H,22,26). The van der Waals surface area contributed by atoms with E-state index >= 15 is 0 Å². The Morgan fingerprint density at radius 1 is 1.21 bits per heavy atom. The number of amides is 1. The van der Waals surface area contributed by atoms with Crippen molar-refractivity contribution in [2.45, 2.75) is 13.8 Å². The van der Waals surface area contributed by atoms with Crippen LogP contribution in [-0.2, 0) is 4.79 Å². The molecular weight excluding hydrogens is 362 g/mol. The minimum absolute atomic E-state index is 0.139. The summed E-state index contributed by atoms with van der Waals surface area (Å²) in [6, 6.07) is 12.1. The van der Waals surface area contributed by atoms with Crippen LogP contribution in [0.2, 0.25) is 0 Å². The molecule has 1 heterocycles. The van der Waals surface area contributed by atoms with Crippen LogP contribution in [0.5, 0.6) is 11.6 Å². The SMILES string of the molecule is Cc1ccc(OCC(=O)Nc2ccc(-n3[nH]c(=O)c(C=O)c3O)cc2)c(C)c1. The van der Waals surface area contributed by atoms with Crippen molar-refractivity contribution in [3.8, 4) is 17.3 Å². The van der Waals surface area contributed by atoms with Gasteiger partial charge in [-0.05, 0) is 49.7 Å². The molecule has 3 aromatic rings. The fourth-order valence-corrected chi connectivity index (χ4v) is 2.73. The topological polar surface area (TPSA) is 113 Å². The second kappa shape index (κ2) is 7.83. The second-order valence-corrected chi connectivity index (χ2v) is 6.28. The van der Waals surface area contributed by atoms with Crippen LogP contribution < -0.4 is 15.6 Å². The van der Waals surface area contributed by atoms with Gasteiger partial charge in [0.15, 0.2) is 12.9 Å². The third-order valence-corrected chi connectivity index (χ3v) is 4.13. The summed E-state index contributed by atoms with van der Waals surface area (Å²) in [6.07, 6.45) is 0.287. The van der Waals surface area contributed by atoms with E-state index in [2.05, 4.69) is 10.4 Å². The number of nitrogens with zero attached hydrogens (tertiary/aromatic N) is 1. The van der Waals surface area contributed by atoms with E-state index in [1.54, 1.807) is 24.3 Å². The summed E-state index contributed by atoms with van der Waals surface area (Å²) in [5.41, 5.74) is 1.97. The van der Waals surface area contributed by atoms with Crippen molar-refractivity contribution in [1.29, 1.82) is 0 Å². The van der Waals surface area contributed by atoms with Gasteiger partial charge in [-0.2, -0.15) is 0 Å². The number of carbonyl (C=O) groups is 2. The zero-order valence-corrected chi connectivity index (χ0v) is 15.4. The molecule has 2 aromatic carbocycles.